The topological polar surface area (TPSA) is 63.3 Å². The summed E-state index contributed by atoms with van der Waals surface area (Å²) in [5.74, 6) is -0.833. The molecule has 0 aliphatic carbocycles. The van der Waals surface area contributed by atoms with Crippen LogP contribution < -0.4 is 5.14 Å². The lowest BCUT2D eigenvalue weighted by molar-refractivity contribution is -0.136. The van der Waals surface area contributed by atoms with Crippen LogP contribution in [0.15, 0.2) is 0 Å². The third-order valence-corrected chi connectivity index (χ3v) is 1.67. The summed E-state index contributed by atoms with van der Waals surface area (Å²) in [5.41, 5.74) is 0. The third kappa shape index (κ3) is 2.18. The summed E-state index contributed by atoms with van der Waals surface area (Å²) in [6.07, 6.45) is 0.580. The lowest BCUT2D eigenvalue weighted by Gasteiger charge is -2.01. The Kier molecular flexibility index (Phi) is 3.64. The van der Waals surface area contributed by atoms with Gasteiger partial charge in [0.15, 0.2) is 0 Å². The molecule has 0 aliphatic heterocycles. The highest BCUT2D eigenvalue weighted by Gasteiger charge is 2.12. The smallest absolute Gasteiger partial charge is 0.317 e. The number of carboxylic acids is 1. The van der Waals surface area contributed by atoms with Crippen LogP contribution in [0, 0.1) is 0 Å². The summed E-state index contributed by atoms with van der Waals surface area (Å²) >= 11 is 0.878. The number of hydrogen-bond acceptors (Lipinski definition) is 3. The van der Waals surface area contributed by atoms with Gasteiger partial charge >= 0.3 is 5.97 Å². The standard InChI is InChI=1S/C4H9NO2S/c1-2-3(8-5)4(6)7/h3H,2,5H2,1H3,(H,6,7). The zero-order valence-corrected chi connectivity index (χ0v) is 5.44. The lowest BCUT2D eigenvalue weighted by atomic mass is 10.3. The molecule has 0 aromatic heterocycles. The number of rotatable bonds is 3. The van der Waals surface area contributed by atoms with Gasteiger partial charge in [0.1, 0.15) is 5.25 Å². The molecule has 0 aromatic rings. The molecule has 0 rings (SSSR count). The maximum absolute atomic E-state index is 10.1. The first kappa shape index (κ1) is 7.78. The quantitative estimate of drug-likeness (QED) is 0.552. The fourth-order valence-corrected chi connectivity index (χ4v) is 0.638. The van der Waals surface area contributed by atoms with E-state index in [0.717, 1.165) is 11.9 Å². The number of aliphatic carboxylic acids is 1. The first-order valence-corrected chi connectivity index (χ1v) is 3.25. The van der Waals surface area contributed by atoms with Crippen molar-refractivity contribution in [3.05, 3.63) is 0 Å². The fourth-order valence-electron chi connectivity index (χ4n) is 0.329. The normalized spacial score (nSPS) is 13.2. The molecule has 4 heteroatoms. The Hall–Kier alpha value is -0.220. The van der Waals surface area contributed by atoms with Gasteiger partial charge in [-0.15, -0.1) is 0 Å². The molecule has 0 aromatic carbocycles. The number of carboxylic acid groups (broad SMARTS) is 1. The first-order valence-electron chi connectivity index (χ1n) is 2.30. The Morgan fingerprint density at radius 3 is 2.50 bits per heavy atom. The molecule has 0 spiro atoms. The van der Waals surface area contributed by atoms with Crippen LogP contribution in [0.4, 0.5) is 0 Å². The molecule has 0 radical (unpaired) electrons. The molecule has 3 N–H and O–H groups in total. The summed E-state index contributed by atoms with van der Waals surface area (Å²) in [4.78, 5) is 10.1. The highest BCUT2D eigenvalue weighted by molar-refractivity contribution is 7.98. The molecule has 0 bridgehead atoms. The number of nitrogens with two attached hydrogens (primary N) is 1. The average molecular weight is 135 g/mol. The van der Waals surface area contributed by atoms with Gasteiger partial charge in [-0.3, -0.25) is 9.93 Å². The van der Waals surface area contributed by atoms with Crippen molar-refractivity contribution < 1.29 is 9.90 Å². The van der Waals surface area contributed by atoms with Gasteiger partial charge in [-0.05, 0) is 6.42 Å². The molecule has 0 saturated heterocycles. The average Bonchev–Trinajstić information content (AvgIpc) is 1.69. The van der Waals surface area contributed by atoms with Gasteiger partial charge in [-0.2, -0.15) is 0 Å². The highest BCUT2D eigenvalue weighted by atomic mass is 32.2. The van der Waals surface area contributed by atoms with Gasteiger partial charge in [0.25, 0.3) is 0 Å². The van der Waals surface area contributed by atoms with E-state index in [9.17, 15) is 4.79 Å². The Morgan fingerprint density at radius 2 is 2.50 bits per heavy atom. The van der Waals surface area contributed by atoms with Crippen LogP contribution in [-0.4, -0.2) is 16.3 Å². The molecule has 0 saturated carbocycles. The molecular formula is C4H9NO2S. The second kappa shape index (κ2) is 3.74. The molecule has 0 heterocycles. The molecule has 0 fully saturated rings. The molecule has 0 aliphatic rings. The molecule has 8 heavy (non-hydrogen) atoms. The van der Waals surface area contributed by atoms with Crippen LogP contribution in [0.3, 0.4) is 0 Å². The molecule has 1 atom stereocenters. The molecule has 1 unspecified atom stereocenters. The minimum absolute atomic E-state index is 0.435. The highest BCUT2D eigenvalue weighted by Crippen LogP contribution is 2.05. The summed E-state index contributed by atoms with van der Waals surface area (Å²) in [5, 5.41) is 12.9. The summed E-state index contributed by atoms with van der Waals surface area (Å²) in [6.45, 7) is 1.79. The Morgan fingerprint density at radius 1 is 2.00 bits per heavy atom. The van der Waals surface area contributed by atoms with Crippen molar-refractivity contribution in [2.75, 3.05) is 0 Å². The van der Waals surface area contributed by atoms with E-state index in [-0.39, 0.29) is 0 Å². The van der Waals surface area contributed by atoms with Crippen LogP contribution in [-0.2, 0) is 4.79 Å². The van der Waals surface area contributed by atoms with Crippen LogP contribution in [0.2, 0.25) is 0 Å². The van der Waals surface area contributed by atoms with E-state index in [1.807, 2.05) is 0 Å². The zero-order chi connectivity index (χ0) is 6.57. The second-order valence-corrected chi connectivity index (χ2v) is 2.21. The van der Waals surface area contributed by atoms with Crippen molar-refractivity contribution in [1.29, 1.82) is 0 Å². The number of carbonyl (C=O) groups is 1. The van der Waals surface area contributed by atoms with Crippen LogP contribution >= 0.6 is 11.9 Å². The van der Waals surface area contributed by atoms with Crippen molar-refractivity contribution in [2.45, 2.75) is 18.6 Å². The van der Waals surface area contributed by atoms with Crippen LogP contribution in [0.1, 0.15) is 13.3 Å². The minimum Gasteiger partial charge on any atom is -0.480 e. The van der Waals surface area contributed by atoms with E-state index in [1.165, 1.54) is 0 Å². The monoisotopic (exact) mass is 135 g/mol. The van der Waals surface area contributed by atoms with Crippen LogP contribution in [0.25, 0.3) is 0 Å². The predicted molar refractivity (Wildman–Crippen MR) is 33.5 cm³/mol. The minimum atomic E-state index is -0.833. The van der Waals surface area contributed by atoms with E-state index < -0.39 is 11.2 Å². The zero-order valence-electron chi connectivity index (χ0n) is 4.63. The van der Waals surface area contributed by atoms with Gasteiger partial charge in [-0.25, -0.2) is 0 Å². The van der Waals surface area contributed by atoms with Crippen molar-refractivity contribution in [1.82, 2.24) is 0 Å². The largest absolute Gasteiger partial charge is 0.480 e. The van der Waals surface area contributed by atoms with Crippen molar-refractivity contribution in [2.24, 2.45) is 5.14 Å². The summed E-state index contributed by atoms with van der Waals surface area (Å²) in [6, 6.07) is 0. The maximum Gasteiger partial charge on any atom is 0.317 e. The Balaban J connectivity index is 3.52. The van der Waals surface area contributed by atoms with Crippen molar-refractivity contribution in [3.63, 3.8) is 0 Å². The van der Waals surface area contributed by atoms with E-state index in [4.69, 9.17) is 10.2 Å². The number of hydrogen-bond donors (Lipinski definition) is 2. The molecular weight excluding hydrogens is 126 g/mol. The van der Waals surface area contributed by atoms with E-state index in [0.29, 0.717) is 6.42 Å². The van der Waals surface area contributed by atoms with Gasteiger partial charge in [0, 0.05) is 0 Å². The van der Waals surface area contributed by atoms with E-state index >= 15 is 0 Å². The van der Waals surface area contributed by atoms with Gasteiger partial charge < -0.3 is 5.11 Å². The summed E-state index contributed by atoms with van der Waals surface area (Å²) in [7, 11) is 0. The fraction of sp³-hybridized carbons (Fsp3) is 0.750. The molecule has 48 valence electrons. The predicted octanol–water partition coefficient (Wildman–Crippen LogP) is 0.457. The summed E-state index contributed by atoms with van der Waals surface area (Å²) < 4.78 is 0. The van der Waals surface area contributed by atoms with E-state index in [2.05, 4.69) is 0 Å². The van der Waals surface area contributed by atoms with Crippen LogP contribution in [0.5, 0.6) is 0 Å². The third-order valence-electron chi connectivity index (χ3n) is 0.810. The van der Waals surface area contributed by atoms with Crippen molar-refractivity contribution >= 4 is 17.9 Å². The second-order valence-electron chi connectivity index (χ2n) is 1.37. The van der Waals surface area contributed by atoms with Crippen molar-refractivity contribution in [3.8, 4) is 0 Å². The van der Waals surface area contributed by atoms with Gasteiger partial charge in [0.05, 0.1) is 0 Å². The van der Waals surface area contributed by atoms with E-state index in [1.54, 1.807) is 6.92 Å². The maximum atomic E-state index is 10.1. The van der Waals surface area contributed by atoms with Gasteiger partial charge in [-0.1, -0.05) is 18.9 Å². The lowest BCUT2D eigenvalue weighted by Crippen LogP contribution is -2.16. The Bertz CT molecular complexity index is 82.1. The molecule has 0 amide bonds. The Labute approximate surface area is 52.4 Å². The van der Waals surface area contributed by atoms with Gasteiger partial charge in [0.2, 0.25) is 0 Å². The molecule has 3 nitrogen and oxygen atoms in total. The first-order chi connectivity index (χ1) is 3.72. The SMILES string of the molecule is CCC(SN)C(=O)O.